The maximum Gasteiger partial charge on any atom is 0.0529 e. The maximum absolute atomic E-state index is 5.42. The molecule has 1 heterocycles. The molecule has 2 nitrogen and oxygen atoms in total. The van der Waals surface area contributed by atoms with Crippen LogP contribution in [-0.2, 0) is 4.74 Å². The largest absolute Gasteiger partial charge is 0.381 e. The van der Waals surface area contributed by atoms with E-state index in [1.54, 1.807) is 0 Å². The molecule has 0 aromatic carbocycles. The number of ether oxygens (including phenoxy) is 1. The summed E-state index contributed by atoms with van der Waals surface area (Å²) in [6, 6.07) is 0. The Balaban J connectivity index is 2.53. The highest BCUT2D eigenvalue weighted by molar-refractivity contribution is 5.10. The van der Waals surface area contributed by atoms with Crippen molar-refractivity contribution in [3.8, 4) is 0 Å². The Hall–Kier alpha value is -0.340. The van der Waals surface area contributed by atoms with Gasteiger partial charge in [-0.05, 0) is 33.1 Å². The van der Waals surface area contributed by atoms with Gasteiger partial charge in [-0.2, -0.15) is 0 Å². The van der Waals surface area contributed by atoms with Crippen molar-refractivity contribution in [2.75, 3.05) is 19.8 Å². The first-order valence-corrected chi connectivity index (χ1v) is 6.42. The number of nitrogens with one attached hydrogen (secondary N) is 1. The summed E-state index contributed by atoms with van der Waals surface area (Å²) in [4.78, 5) is 0. The van der Waals surface area contributed by atoms with Gasteiger partial charge in [0, 0.05) is 24.6 Å². The van der Waals surface area contributed by atoms with Gasteiger partial charge in [-0.15, -0.1) is 0 Å². The predicted molar refractivity (Wildman–Crippen MR) is 69.6 cm³/mol. The zero-order valence-electron chi connectivity index (χ0n) is 11.5. The zero-order valence-corrected chi connectivity index (χ0v) is 11.5. The van der Waals surface area contributed by atoms with Crippen LogP contribution in [0.25, 0.3) is 0 Å². The molecular formula is C14H27NO. The van der Waals surface area contributed by atoms with Crippen LogP contribution in [0.4, 0.5) is 0 Å². The normalized spacial score (nSPS) is 23.1. The van der Waals surface area contributed by atoms with Crippen LogP contribution in [0.3, 0.4) is 0 Å². The number of hydrogen-bond acceptors (Lipinski definition) is 2. The van der Waals surface area contributed by atoms with Crippen molar-refractivity contribution in [1.29, 1.82) is 0 Å². The molecule has 0 spiro atoms. The standard InChI is InChI=1S/C14H27NO/c1-11(2)13(9-15-14(3,4)5)8-12-6-7-16-10-12/h8,11-12,15H,6-7,9-10H2,1-5H3. The Bertz CT molecular complexity index is 232. The molecule has 16 heavy (non-hydrogen) atoms. The van der Waals surface area contributed by atoms with Gasteiger partial charge in [0.2, 0.25) is 0 Å². The minimum Gasteiger partial charge on any atom is -0.381 e. The molecule has 1 rings (SSSR count). The van der Waals surface area contributed by atoms with Crippen molar-refractivity contribution in [2.24, 2.45) is 11.8 Å². The summed E-state index contributed by atoms with van der Waals surface area (Å²) in [7, 11) is 0. The van der Waals surface area contributed by atoms with Crippen molar-refractivity contribution in [2.45, 2.75) is 46.6 Å². The van der Waals surface area contributed by atoms with Crippen molar-refractivity contribution >= 4 is 0 Å². The third kappa shape index (κ3) is 5.13. The SMILES string of the molecule is CC(C)C(=CC1CCOC1)CNC(C)(C)C. The fourth-order valence-electron chi connectivity index (χ4n) is 1.81. The molecule has 0 aliphatic carbocycles. The molecule has 1 aliphatic heterocycles. The quantitative estimate of drug-likeness (QED) is 0.743. The Labute approximate surface area is 100 Å². The summed E-state index contributed by atoms with van der Waals surface area (Å²) >= 11 is 0. The summed E-state index contributed by atoms with van der Waals surface area (Å²) in [6.07, 6.45) is 3.61. The van der Waals surface area contributed by atoms with E-state index in [4.69, 9.17) is 4.74 Å². The van der Waals surface area contributed by atoms with Gasteiger partial charge in [-0.3, -0.25) is 0 Å². The highest BCUT2D eigenvalue weighted by atomic mass is 16.5. The molecule has 0 aromatic rings. The minimum absolute atomic E-state index is 0.195. The van der Waals surface area contributed by atoms with E-state index < -0.39 is 0 Å². The molecule has 2 heteroatoms. The fourth-order valence-corrected chi connectivity index (χ4v) is 1.81. The van der Waals surface area contributed by atoms with Crippen molar-refractivity contribution in [3.63, 3.8) is 0 Å². The molecule has 0 aromatic heterocycles. The summed E-state index contributed by atoms with van der Waals surface area (Å²) in [5.41, 5.74) is 1.71. The second-order valence-corrected chi connectivity index (χ2v) is 6.12. The summed E-state index contributed by atoms with van der Waals surface area (Å²) in [5.74, 6) is 1.26. The molecule has 1 saturated heterocycles. The van der Waals surface area contributed by atoms with Crippen molar-refractivity contribution in [1.82, 2.24) is 5.32 Å². The highest BCUT2D eigenvalue weighted by Gasteiger charge is 2.16. The second kappa shape index (κ2) is 5.83. The molecule has 94 valence electrons. The van der Waals surface area contributed by atoms with Gasteiger partial charge < -0.3 is 10.1 Å². The topological polar surface area (TPSA) is 21.3 Å². The summed E-state index contributed by atoms with van der Waals surface area (Å²) in [6.45, 7) is 14.0. The molecule has 0 radical (unpaired) electrons. The average molecular weight is 225 g/mol. The Morgan fingerprint density at radius 2 is 2.12 bits per heavy atom. The Kier molecular flexibility index (Phi) is 5.00. The van der Waals surface area contributed by atoms with Gasteiger partial charge >= 0.3 is 0 Å². The first-order valence-electron chi connectivity index (χ1n) is 6.42. The minimum atomic E-state index is 0.195. The van der Waals surface area contributed by atoms with Crippen LogP contribution in [-0.4, -0.2) is 25.3 Å². The van der Waals surface area contributed by atoms with Gasteiger partial charge in [-0.1, -0.05) is 25.5 Å². The lowest BCUT2D eigenvalue weighted by Crippen LogP contribution is -2.37. The maximum atomic E-state index is 5.42. The average Bonchev–Trinajstić information content (AvgIpc) is 2.62. The van der Waals surface area contributed by atoms with E-state index in [0.29, 0.717) is 11.8 Å². The van der Waals surface area contributed by atoms with E-state index >= 15 is 0 Å². The third-order valence-corrected chi connectivity index (χ3v) is 2.98. The predicted octanol–water partition coefficient (Wildman–Crippen LogP) is 2.99. The van der Waals surface area contributed by atoms with Gasteiger partial charge in [0.1, 0.15) is 0 Å². The van der Waals surface area contributed by atoms with Crippen molar-refractivity contribution in [3.05, 3.63) is 11.6 Å². The molecule has 1 atom stereocenters. The molecule has 1 fully saturated rings. The van der Waals surface area contributed by atoms with Crippen molar-refractivity contribution < 1.29 is 4.74 Å². The van der Waals surface area contributed by atoms with Crippen LogP contribution < -0.4 is 5.32 Å². The van der Waals surface area contributed by atoms with Crippen LogP contribution in [0.2, 0.25) is 0 Å². The van der Waals surface area contributed by atoms with Crippen LogP contribution >= 0.6 is 0 Å². The first-order chi connectivity index (χ1) is 7.38. The summed E-state index contributed by atoms with van der Waals surface area (Å²) in [5, 5.41) is 3.57. The Morgan fingerprint density at radius 1 is 1.44 bits per heavy atom. The smallest absolute Gasteiger partial charge is 0.0529 e. The molecular weight excluding hydrogens is 198 g/mol. The van der Waals surface area contributed by atoms with E-state index in [2.05, 4.69) is 46.0 Å². The van der Waals surface area contributed by atoms with E-state index in [1.807, 2.05) is 0 Å². The highest BCUT2D eigenvalue weighted by Crippen LogP contribution is 2.19. The lowest BCUT2D eigenvalue weighted by atomic mass is 9.96. The molecule has 1 unspecified atom stereocenters. The fraction of sp³-hybridized carbons (Fsp3) is 0.857. The number of hydrogen-bond donors (Lipinski definition) is 1. The van der Waals surface area contributed by atoms with E-state index in [0.717, 1.165) is 19.8 Å². The van der Waals surface area contributed by atoms with Crippen LogP contribution in [0.15, 0.2) is 11.6 Å². The third-order valence-electron chi connectivity index (χ3n) is 2.98. The van der Waals surface area contributed by atoms with Crippen LogP contribution in [0.1, 0.15) is 41.0 Å². The summed E-state index contributed by atoms with van der Waals surface area (Å²) < 4.78 is 5.42. The monoisotopic (exact) mass is 225 g/mol. The van der Waals surface area contributed by atoms with Crippen LogP contribution in [0, 0.1) is 11.8 Å². The van der Waals surface area contributed by atoms with Crippen LogP contribution in [0.5, 0.6) is 0 Å². The molecule has 0 amide bonds. The Morgan fingerprint density at radius 3 is 2.56 bits per heavy atom. The molecule has 0 bridgehead atoms. The van der Waals surface area contributed by atoms with E-state index in [1.165, 1.54) is 12.0 Å². The lowest BCUT2D eigenvalue weighted by Gasteiger charge is -2.23. The zero-order chi connectivity index (χ0) is 12.2. The van der Waals surface area contributed by atoms with Gasteiger partial charge in [0.15, 0.2) is 0 Å². The van der Waals surface area contributed by atoms with Gasteiger partial charge in [0.25, 0.3) is 0 Å². The molecule has 1 N–H and O–H groups in total. The van der Waals surface area contributed by atoms with E-state index in [-0.39, 0.29) is 5.54 Å². The first kappa shape index (κ1) is 13.7. The van der Waals surface area contributed by atoms with Gasteiger partial charge in [0.05, 0.1) is 6.61 Å². The molecule has 0 saturated carbocycles. The lowest BCUT2D eigenvalue weighted by molar-refractivity contribution is 0.191. The van der Waals surface area contributed by atoms with Gasteiger partial charge in [-0.25, -0.2) is 0 Å². The molecule has 1 aliphatic rings. The van der Waals surface area contributed by atoms with E-state index in [9.17, 15) is 0 Å². The number of rotatable bonds is 4. The second-order valence-electron chi connectivity index (χ2n) is 6.12.